The van der Waals surface area contributed by atoms with Gasteiger partial charge in [0.1, 0.15) is 5.82 Å². The maximum absolute atomic E-state index is 12.9. The molecule has 0 saturated heterocycles. The van der Waals surface area contributed by atoms with Gasteiger partial charge in [-0.2, -0.15) is 0 Å². The van der Waals surface area contributed by atoms with Gasteiger partial charge in [0.2, 0.25) is 0 Å². The smallest absolute Gasteiger partial charge is 0.123 e. The Balaban J connectivity index is 2.67. The van der Waals surface area contributed by atoms with Gasteiger partial charge in [-0.05, 0) is 30.7 Å². The zero-order chi connectivity index (χ0) is 13.5. The molecule has 1 aromatic carbocycles. The van der Waals surface area contributed by atoms with Gasteiger partial charge < -0.3 is 5.73 Å². The van der Waals surface area contributed by atoms with Crippen LogP contribution in [0, 0.1) is 11.7 Å². The van der Waals surface area contributed by atoms with E-state index in [0.29, 0.717) is 18.5 Å². The Hall–Kier alpha value is -0.930. The number of halogens is 1. The summed E-state index contributed by atoms with van der Waals surface area (Å²) in [6, 6.07) is 7.10. The first-order chi connectivity index (χ1) is 8.62. The maximum Gasteiger partial charge on any atom is 0.123 e. The van der Waals surface area contributed by atoms with Crippen LogP contribution in [0.15, 0.2) is 24.3 Å². The Bertz CT molecular complexity index is 333. The van der Waals surface area contributed by atoms with Gasteiger partial charge in [0.25, 0.3) is 0 Å². The molecule has 3 heteroatoms. The molecule has 1 unspecified atom stereocenters. The van der Waals surface area contributed by atoms with Crippen LogP contribution in [0.3, 0.4) is 0 Å². The van der Waals surface area contributed by atoms with Crippen LogP contribution in [0.2, 0.25) is 0 Å². The van der Waals surface area contributed by atoms with Gasteiger partial charge in [0.15, 0.2) is 0 Å². The van der Waals surface area contributed by atoms with Gasteiger partial charge in [0, 0.05) is 19.1 Å². The largest absolute Gasteiger partial charge is 0.329 e. The summed E-state index contributed by atoms with van der Waals surface area (Å²) in [5.74, 6) is 0.442. The number of benzene rings is 1. The number of nitrogens with zero attached hydrogens (tertiary/aromatic N) is 1. The highest BCUT2D eigenvalue weighted by molar-refractivity contribution is 5.16. The van der Waals surface area contributed by atoms with Crippen LogP contribution in [0.25, 0.3) is 0 Å². The van der Waals surface area contributed by atoms with Crippen molar-refractivity contribution in [1.29, 1.82) is 0 Å². The summed E-state index contributed by atoms with van der Waals surface area (Å²) in [5.41, 5.74) is 7.03. The van der Waals surface area contributed by atoms with Crippen molar-refractivity contribution in [1.82, 2.24) is 4.90 Å². The topological polar surface area (TPSA) is 29.3 Å². The molecule has 102 valence electrons. The predicted molar refractivity (Wildman–Crippen MR) is 74.8 cm³/mol. The van der Waals surface area contributed by atoms with Crippen LogP contribution >= 0.6 is 0 Å². The highest BCUT2D eigenvalue weighted by Crippen LogP contribution is 2.19. The minimum atomic E-state index is -0.184. The van der Waals surface area contributed by atoms with Gasteiger partial charge in [0.05, 0.1) is 0 Å². The van der Waals surface area contributed by atoms with E-state index < -0.39 is 0 Å². The van der Waals surface area contributed by atoms with Crippen molar-refractivity contribution < 1.29 is 4.39 Å². The third-order valence-electron chi connectivity index (χ3n) is 3.75. The normalized spacial score (nSPS) is 13.3. The molecule has 18 heavy (non-hydrogen) atoms. The van der Waals surface area contributed by atoms with E-state index in [1.54, 1.807) is 0 Å². The van der Waals surface area contributed by atoms with Crippen LogP contribution in [-0.2, 0) is 6.54 Å². The monoisotopic (exact) mass is 252 g/mol. The minimum Gasteiger partial charge on any atom is -0.329 e. The summed E-state index contributed by atoms with van der Waals surface area (Å²) in [7, 11) is 2.10. The van der Waals surface area contributed by atoms with Gasteiger partial charge in [-0.3, -0.25) is 4.90 Å². The highest BCUT2D eigenvalue weighted by atomic mass is 19.1. The van der Waals surface area contributed by atoms with Crippen molar-refractivity contribution in [3.05, 3.63) is 35.6 Å². The van der Waals surface area contributed by atoms with E-state index in [-0.39, 0.29) is 5.82 Å². The Labute approximate surface area is 110 Å². The van der Waals surface area contributed by atoms with Crippen LogP contribution in [0.1, 0.15) is 32.3 Å². The second kappa shape index (κ2) is 7.49. The summed E-state index contributed by atoms with van der Waals surface area (Å²) in [4.78, 5) is 2.28. The molecular weight excluding hydrogens is 227 g/mol. The molecule has 0 spiro atoms. The van der Waals surface area contributed by atoms with Crippen LogP contribution in [-0.4, -0.2) is 24.5 Å². The van der Waals surface area contributed by atoms with Gasteiger partial charge in [-0.25, -0.2) is 4.39 Å². The third-order valence-corrected chi connectivity index (χ3v) is 3.75. The fraction of sp³-hybridized carbons (Fsp3) is 0.600. The quantitative estimate of drug-likeness (QED) is 0.808. The lowest BCUT2D eigenvalue weighted by atomic mass is 9.93. The molecule has 0 bridgehead atoms. The van der Waals surface area contributed by atoms with E-state index in [2.05, 4.69) is 25.8 Å². The van der Waals surface area contributed by atoms with Crippen molar-refractivity contribution in [2.45, 2.75) is 39.3 Å². The molecule has 0 aliphatic rings. The molecular formula is C15H25FN2. The van der Waals surface area contributed by atoms with E-state index in [4.69, 9.17) is 5.73 Å². The zero-order valence-electron chi connectivity index (χ0n) is 11.7. The molecule has 2 N–H and O–H groups in total. The molecule has 1 atom stereocenters. The molecule has 1 aromatic rings. The number of rotatable bonds is 7. The maximum atomic E-state index is 12.9. The third kappa shape index (κ3) is 4.07. The summed E-state index contributed by atoms with van der Waals surface area (Å²) in [6.07, 6.45) is 2.29. The van der Waals surface area contributed by atoms with E-state index in [0.717, 1.165) is 24.9 Å². The van der Waals surface area contributed by atoms with Crippen molar-refractivity contribution >= 4 is 0 Å². The van der Waals surface area contributed by atoms with E-state index in [1.807, 2.05) is 12.1 Å². The fourth-order valence-electron chi connectivity index (χ4n) is 2.56. The van der Waals surface area contributed by atoms with Crippen molar-refractivity contribution in [2.75, 3.05) is 13.6 Å². The molecule has 0 aliphatic carbocycles. The van der Waals surface area contributed by atoms with E-state index >= 15 is 0 Å². The second-order valence-electron chi connectivity index (χ2n) is 4.92. The predicted octanol–water partition coefficient (Wildman–Crippen LogP) is 3.02. The SMILES string of the molecule is CCC(CC)C(CN)N(C)Cc1ccc(F)cc1. The highest BCUT2D eigenvalue weighted by Gasteiger charge is 2.21. The Morgan fingerprint density at radius 2 is 1.72 bits per heavy atom. The molecule has 1 rings (SSSR count). The van der Waals surface area contributed by atoms with Crippen LogP contribution < -0.4 is 5.73 Å². The van der Waals surface area contributed by atoms with Crippen molar-refractivity contribution in [3.63, 3.8) is 0 Å². The molecule has 0 amide bonds. The minimum absolute atomic E-state index is 0.184. The first kappa shape index (κ1) is 15.1. The van der Waals surface area contributed by atoms with E-state index in [9.17, 15) is 4.39 Å². The van der Waals surface area contributed by atoms with Crippen LogP contribution in [0.5, 0.6) is 0 Å². The van der Waals surface area contributed by atoms with Gasteiger partial charge in [-0.15, -0.1) is 0 Å². The Morgan fingerprint density at radius 1 is 1.17 bits per heavy atom. The molecule has 0 heterocycles. The van der Waals surface area contributed by atoms with E-state index in [1.165, 1.54) is 12.1 Å². The second-order valence-corrected chi connectivity index (χ2v) is 4.92. The molecule has 2 nitrogen and oxygen atoms in total. The first-order valence-electron chi connectivity index (χ1n) is 6.77. The van der Waals surface area contributed by atoms with Gasteiger partial charge in [-0.1, -0.05) is 38.8 Å². The molecule has 0 aromatic heterocycles. The Kier molecular flexibility index (Phi) is 6.30. The lowest BCUT2D eigenvalue weighted by molar-refractivity contribution is 0.165. The average Bonchev–Trinajstić information content (AvgIpc) is 2.38. The fourth-order valence-corrected chi connectivity index (χ4v) is 2.56. The number of hydrogen-bond donors (Lipinski definition) is 1. The standard InChI is InChI=1S/C15H25FN2/c1-4-13(5-2)15(10-17)18(3)11-12-6-8-14(16)9-7-12/h6-9,13,15H,4-5,10-11,17H2,1-3H3. The molecule has 0 saturated carbocycles. The lowest BCUT2D eigenvalue weighted by Crippen LogP contribution is -2.42. The summed E-state index contributed by atoms with van der Waals surface area (Å²) in [6.45, 7) is 5.91. The summed E-state index contributed by atoms with van der Waals surface area (Å²) < 4.78 is 12.9. The number of likely N-dealkylation sites (N-methyl/N-ethyl adjacent to an activating group) is 1. The van der Waals surface area contributed by atoms with Crippen LogP contribution in [0.4, 0.5) is 4.39 Å². The summed E-state index contributed by atoms with van der Waals surface area (Å²) in [5, 5.41) is 0. The number of hydrogen-bond acceptors (Lipinski definition) is 2. The van der Waals surface area contributed by atoms with Gasteiger partial charge >= 0.3 is 0 Å². The first-order valence-corrected chi connectivity index (χ1v) is 6.77. The average molecular weight is 252 g/mol. The Morgan fingerprint density at radius 3 is 2.17 bits per heavy atom. The zero-order valence-corrected chi connectivity index (χ0v) is 11.7. The van der Waals surface area contributed by atoms with Crippen molar-refractivity contribution in [3.8, 4) is 0 Å². The number of nitrogens with two attached hydrogens (primary N) is 1. The lowest BCUT2D eigenvalue weighted by Gasteiger charge is -2.33. The molecule has 0 aliphatic heterocycles. The summed E-state index contributed by atoms with van der Waals surface area (Å²) >= 11 is 0. The van der Waals surface area contributed by atoms with Crippen molar-refractivity contribution in [2.24, 2.45) is 11.7 Å². The molecule has 0 fully saturated rings. The molecule has 0 radical (unpaired) electrons.